The summed E-state index contributed by atoms with van der Waals surface area (Å²) >= 11 is 0. The van der Waals surface area contributed by atoms with Crippen molar-refractivity contribution in [2.45, 2.75) is 18.6 Å². The first kappa shape index (κ1) is 11.6. The average Bonchev–Trinajstić information content (AvgIpc) is 2.54. The molecule has 0 aromatic carbocycles. The van der Waals surface area contributed by atoms with Crippen LogP contribution in [-0.2, 0) is 14.6 Å². The van der Waals surface area contributed by atoms with Gasteiger partial charge in [0.05, 0.1) is 12.4 Å². The normalized spacial score (nSPS) is 13.5. The first-order valence-corrected chi connectivity index (χ1v) is 6.26. The molecule has 1 rings (SSSR count). The smallest absolute Gasteiger partial charge is 0.258 e. The first-order chi connectivity index (χ1) is 6.95. The van der Waals surface area contributed by atoms with Crippen LogP contribution >= 0.6 is 0 Å². The lowest BCUT2D eigenvalue weighted by Crippen LogP contribution is -2.38. The van der Waals surface area contributed by atoms with Gasteiger partial charge in [0, 0.05) is 6.26 Å². The predicted octanol–water partition coefficient (Wildman–Crippen LogP) is -0.829. The van der Waals surface area contributed by atoms with Crippen molar-refractivity contribution in [1.82, 2.24) is 15.1 Å². The quantitative estimate of drug-likeness (QED) is 0.731. The van der Waals surface area contributed by atoms with E-state index in [2.05, 4.69) is 15.7 Å². The Hall–Kier alpha value is -1.44. The molecule has 1 atom stereocenters. The van der Waals surface area contributed by atoms with Crippen LogP contribution in [0.3, 0.4) is 0 Å². The van der Waals surface area contributed by atoms with E-state index in [-0.39, 0.29) is 6.42 Å². The number of nitrogens with zero attached hydrogens (tertiary/aromatic N) is 3. The van der Waals surface area contributed by atoms with Crippen molar-refractivity contribution in [1.29, 1.82) is 0 Å². The van der Waals surface area contributed by atoms with Crippen LogP contribution in [0.2, 0.25) is 0 Å². The standard InChI is InChI=1S/C7H12N4O3S/c1-3-6(15(2,13)14)7(12)9-11-5-4-8-10-11/h4-6H,3H2,1-2H3,(H,9,12). The summed E-state index contributed by atoms with van der Waals surface area (Å²) < 4.78 is 22.5. The summed E-state index contributed by atoms with van der Waals surface area (Å²) in [5, 5.41) is 5.91. The van der Waals surface area contributed by atoms with Crippen LogP contribution in [0.5, 0.6) is 0 Å². The summed E-state index contributed by atoms with van der Waals surface area (Å²) in [7, 11) is -3.39. The minimum absolute atomic E-state index is 0.222. The van der Waals surface area contributed by atoms with Crippen molar-refractivity contribution in [2.75, 3.05) is 11.7 Å². The van der Waals surface area contributed by atoms with Crippen molar-refractivity contribution in [2.24, 2.45) is 0 Å². The van der Waals surface area contributed by atoms with Gasteiger partial charge >= 0.3 is 0 Å². The van der Waals surface area contributed by atoms with Gasteiger partial charge < -0.3 is 0 Å². The molecule has 0 aliphatic carbocycles. The van der Waals surface area contributed by atoms with Crippen molar-refractivity contribution in [3.63, 3.8) is 0 Å². The van der Waals surface area contributed by atoms with Crippen LogP contribution < -0.4 is 5.43 Å². The highest BCUT2D eigenvalue weighted by atomic mass is 32.2. The zero-order chi connectivity index (χ0) is 11.5. The van der Waals surface area contributed by atoms with Gasteiger partial charge in [0.15, 0.2) is 9.84 Å². The maximum atomic E-state index is 11.5. The number of aromatic nitrogens is 3. The largest absolute Gasteiger partial charge is 0.272 e. The summed E-state index contributed by atoms with van der Waals surface area (Å²) in [6, 6.07) is 0. The van der Waals surface area contributed by atoms with Crippen molar-refractivity contribution >= 4 is 15.7 Å². The minimum Gasteiger partial charge on any atom is -0.272 e. The van der Waals surface area contributed by atoms with E-state index in [0.717, 1.165) is 11.0 Å². The van der Waals surface area contributed by atoms with Gasteiger partial charge in [-0.2, -0.15) is 4.79 Å². The summed E-state index contributed by atoms with van der Waals surface area (Å²) in [4.78, 5) is 12.6. The second-order valence-corrected chi connectivity index (χ2v) is 5.28. The number of sulfone groups is 1. The molecule has 1 N–H and O–H groups in total. The molecule has 1 amide bonds. The number of nitrogens with one attached hydrogen (secondary N) is 1. The van der Waals surface area contributed by atoms with Gasteiger partial charge in [-0.15, -0.1) is 5.10 Å². The Morgan fingerprint density at radius 1 is 1.60 bits per heavy atom. The third-order valence-corrected chi connectivity index (χ3v) is 3.41. The van der Waals surface area contributed by atoms with Crippen LogP contribution in [0.1, 0.15) is 13.3 Å². The fourth-order valence-electron chi connectivity index (χ4n) is 1.14. The van der Waals surface area contributed by atoms with Crippen LogP contribution in [0.25, 0.3) is 0 Å². The van der Waals surface area contributed by atoms with E-state index >= 15 is 0 Å². The highest BCUT2D eigenvalue weighted by Crippen LogP contribution is 2.04. The second-order valence-electron chi connectivity index (χ2n) is 3.05. The van der Waals surface area contributed by atoms with Crippen LogP contribution in [-0.4, -0.2) is 40.9 Å². The van der Waals surface area contributed by atoms with Crippen molar-refractivity contribution in [3.8, 4) is 0 Å². The molecule has 0 aliphatic rings. The van der Waals surface area contributed by atoms with Gasteiger partial charge in [0.2, 0.25) is 0 Å². The molecule has 15 heavy (non-hydrogen) atoms. The monoisotopic (exact) mass is 232 g/mol. The topological polar surface area (TPSA) is 93.9 Å². The number of hydrogen-bond donors (Lipinski definition) is 1. The van der Waals surface area contributed by atoms with E-state index in [4.69, 9.17) is 0 Å². The minimum atomic E-state index is -3.39. The van der Waals surface area contributed by atoms with E-state index in [1.807, 2.05) is 0 Å². The third-order valence-electron chi connectivity index (χ3n) is 1.83. The molecular weight excluding hydrogens is 220 g/mol. The molecule has 0 radical (unpaired) electrons. The molecule has 84 valence electrons. The highest BCUT2D eigenvalue weighted by molar-refractivity contribution is 7.92. The Kier molecular flexibility index (Phi) is 3.40. The lowest BCUT2D eigenvalue weighted by molar-refractivity contribution is -0.116. The molecular formula is C7H12N4O3S. The van der Waals surface area contributed by atoms with Gasteiger partial charge in [-0.25, -0.2) is 13.8 Å². The SMILES string of the molecule is CCC(C(=O)Nn1ccnn1)S(C)(=O)=O. The van der Waals surface area contributed by atoms with E-state index in [9.17, 15) is 13.2 Å². The molecule has 1 heterocycles. The fraction of sp³-hybridized carbons (Fsp3) is 0.571. The molecule has 0 aliphatic heterocycles. The van der Waals surface area contributed by atoms with Crippen molar-refractivity contribution < 1.29 is 13.2 Å². The second kappa shape index (κ2) is 4.39. The highest BCUT2D eigenvalue weighted by Gasteiger charge is 2.27. The molecule has 1 aromatic heterocycles. The molecule has 0 bridgehead atoms. The number of carbonyl (C=O) groups excluding carboxylic acids is 1. The Balaban J connectivity index is 2.76. The maximum Gasteiger partial charge on any atom is 0.258 e. The summed E-state index contributed by atoms with van der Waals surface area (Å²) in [5.41, 5.74) is 2.30. The zero-order valence-corrected chi connectivity index (χ0v) is 9.23. The number of hydrogen-bond acceptors (Lipinski definition) is 5. The Morgan fingerprint density at radius 2 is 2.27 bits per heavy atom. The van der Waals surface area contributed by atoms with Gasteiger partial charge in [0.1, 0.15) is 5.25 Å². The molecule has 7 nitrogen and oxygen atoms in total. The average molecular weight is 232 g/mol. The van der Waals surface area contributed by atoms with Crippen LogP contribution in [0.4, 0.5) is 0 Å². The first-order valence-electron chi connectivity index (χ1n) is 4.31. The lowest BCUT2D eigenvalue weighted by Gasteiger charge is -2.12. The van der Waals surface area contributed by atoms with Crippen molar-refractivity contribution in [3.05, 3.63) is 12.4 Å². The number of amides is 1. The Morgan fingerprint density at radius 3 is 2.67 bits per heavy atom. The maximum absolute atomic E-state index is 11.5. The van der Waals surface area contributed by atoms with E-state index in [1.165, 1.54) is 12.4 Å². The fourth-order valence-corrected chi connectivity index (χ4v) is 2.18. The van der Waals surface area contributed by atoms with E-state index in [0.29, 0.717) is 0 Å². The molecule has 0 saturated heterocycles. The summed E-state index contributed by atoms with van der Waals surface area (Å²) in [5.74, 6) is -0.606. The van der Waals surface area contributed by atoms with E-state index in [1.54, 1.807) is 6.92 Å². The van der Waals surface area contributed by atoms with Gasteiger partial charge in [0.25, 0.3) is 5.91 Å². The van der Waals surface area contributed by atoms with Crippen LogP contribution in [0, 0.1) is 0 Å². The van der Waals surface area contributed by atoms with Crippen LogP contribution in [0.15, 0.2) is 12.4 Å². The molecule has 0 spiro atoms. The Bertz CT molecular complexity index is 425. The zero-order valence-electron chi connectivity index (χ0n) is 8.41. The molecule has 0 fully saturated rings. The summed E-state index contributed by atoms with van der Waals surface area (Å²) in [6.45, 7) is 1.63. The van der Waals surface area contributed by atoms with Gasteiger partial charge in [-0.05, 0) is 11.6 Å². The molecule has 1 aromatic rings. The summed E-state index contributed by atoms with van der Waals surface area (Å²) in [6.07, 6.45) is 4.04. The Labute approximate surface area is 87.4 Å². The van der Waals surface area contributed by atoms with Gasteiger partial charge in [-0.1, -0.05) is 6.92 Å². The predicted molar refractivity (Wildman–Crippen MR) is 53.3 cm³/mol. The van der Waals surface area contributed by atoms with Gasteiger partial charge in [-0.3, -0.25) is 4.79 Å². The third kappa shape index (κ3) is 3.01. The number of carbonyl (C=O) groups is 1. The molecule has 0 saturated carbocycles. The molecule has 8 heteroatoms. The van der Waals surface area contributed by atoms with E-state index < -0.39 is 21.0 Å². The molecule has 1 unspecified atom stereocenters. The lowest BCUT2D eigenvalue weighted by atomic mass is 10.3. The number of rotatable bonds is 4.